The molecule has 8 nitrogen and oxygen atoms in total. The molecule has 1 aromatic rings. The first kappa shape index (κ1) is 15.0. The molecule has 1 unspecified atom stereocenters. The number of hydrogen-bond donors (Lipinski definition) is 1. The van der Waals surface area contributed by atoms with E-state index in [0.717, 1.165) is 13.1 Å². The number of rotatable bonds is 6. The predicted molar refractivity (Wildman–Crippen MR) is 78.4 cm³/mol. The SMILES string of the molecule is CCN(CC)CCOC(=O)c1cc2c(N)c3c1OP(=O)(O2)O3. The molecule has 2 N–H and O–H groups in total. The van der Waals surface area contributed by atoms with Crippen LogP contribution in [0.2, 0.25) is 0 Å². The highest BCUT2D eigenvalue weighted by atomic mass is 31.2. The lowest BCUT2D eigenvalue weighted by molar-refractivity contribution is 0.0464. The van der Waals surface area contributed by atoms with E-state index in [4.69, 9.17) is 24.0 Å². The molecule has 0 spiro atoms. The number of carbonyl (C=O) groups excluding carboxylic acids is 1. The first-order valence-corrected chi connectivity index (χ1v) is 8.48. The van der Waals surface area contributed by atoms with Gasteiger partial charge in [-0.05, 0) is 13.1 Å². The summed E-state index contributed by atoms with van der Waals surface area (Å²) < 4.78 is 32.5. The van der Waals surface area contributed by atoms with Crippen molar-refractivity contribution in [3.63, 3.8) is 0 Å². The van der Waals surface area contributed by atoms with Gasteiger partial charge >= 0.3 is 13.8 Å². The van der Waals surface area contributed by atoms with Gasteiger partial charge in [-0.1, -0.05) is 13.8 Å². The summed E-state index contributed by atoms with van der Waals surface area (Å²) in [6.07, 6.45) is 0. The number of ether oxygens (including phenoxy) is 1. The summed E-state index contributed by atoms with van der Waals surface area (Å²) in [5.41, 5.74) is 6.04. The minimum absolute atomic E-state index is 0.0231. The molecule has 0 saturated carbocycles. The zero-order chi connectivity index (χ0) is 15.9. The van der Waals surface area contributed by atoms with Crippen molar-refractivity contribution in [1.82, 2.24) is 4.90 Å². The number of carbonyl (C=O) groups is 1. The minimum atomic E-state index is -3.72. The van der Waals surface area contributed by atoms with E-state index < -0.39 is 13.8 Å². The van der Waals surface area contributed by atoms with Gasteiger partial charge in [-0.3, -0.25) is 0 Å². The maximum Gasteiger partial charge on any atom is 0.647 e. The van der Waals surface area contributed by atoms with Gasteiger partial charge in [0, 0.05) is 12.6 Å². The van der Waals surface area contributed by atoms with Crippen LogP contribution in [0.3, 0.4) is 0 Å². The Bertz CT molecular complexity index is 667. The van der Waals surface area contributed by atoms with Crippen LogP contribution in [0, 0.1) is 0 Å². The van der Waals surface area contributed by atoms with Gasteiger partial charge in [-0.2, -0.15) is 4.57 Å². The van der Waals surface area contributed by atoms with E-state index in [0.29, 0.717) is 6.54 Å². The number of phosphoric acid groups is 1. The van der Waals surface area contributed by atoms with Gasteiger partial charge in [0.15, 0.2) is 11.5 Å². The minimum Gasteiger partial charge on any atom is -0.461 e. The predicted octanol–water partition coefficient (Wildman–Crippen LogP) is 2.04. The van der Waals surface area contributed by atoms with Crippen LogP contribution in [0.5, 0.6) is 17.2 Å². The van der Waals surface area contributed by atoms with E-state index in [9.17, 15) is 9.36 Å². The maximum absolute atomic E-state index is 12.2. The fraction of sp³-hybridized carbons (Fsp3) is 0.462. The number of benzene rings is 1. The van der Waals surface area contributed by atoms with Crippen LogP contribution in [-0.2, 0) is 9.30 Å². The average molecular weight is 328 g/mol. The highest BCUT2D eigenvalue weighted by Crippen LogP contribution is 2.68. The summed E-state index contributed by atoms with van der Waals surface area (Å²) in [5, 5.41) is 0. The second kappa shape index (κ2) is 5.37. The van der Waals surface area contributed by atoms with Crippen LogP contribution in [0.4, 0.5) is 5.69 Å². The van der Waals surface area contributed by atoms with E-state index in [1.54, 1.807) is 0 Å². The average Bonchev–Trinajstić information content (AvgIpc) is 2.70. The van der Waals surface area contributed by atoms with Crippen molar-refractivity contribution < 1.29 is 27.7 Å². The standard InChI is InChI=1S/C13H17N2O6P/c1-3-15(4-2)5-6-18-13(16)8-7-9-10(14)12-11(8)20-22(17,19-9)21-12/h7H,3-6,14H2,1-2H3. The van der Waals surface area contributed by atoms with E-state index >= 15 is 0 Å². The first-order chi connectivity index (χ1) is 10.5. The first-order valence-electron chi connectivity index (χ1n) is 7.02. The summed E-state index contributed by atoms with van der Waals surface area (Å²) in [6, 6.07) is 1.37. The highest BCUT2D eigenvalue weighted by molar-refractivity contribution is 7.50. The van der Waals surface area contributed by atoms with Crippen molar-refractivity contribution in [2.45, 2.75) is 13.8 Å². The Morgan fingerprint density at radius 1 is 1.27 bits per heavy atom. The third-order valence-electron chi connectivity index (χ3n) is 3.61. The highest BCUT2D eigenvalue weighted by Gasteiger charge is 2.50. The topological polar surface area (TPSA) is 100 Å². The lowest BCUT2D eigenvalue weighted by Gasteiger charge is -2.18. The maximum atomic E-state index is 12.2. The molecule has 22 heavy (non-hydrogen) atoms. The Kier molecular flexibility index (Phi) is 3.66. The molecule has 0 saturated heterocycles. The molecule has 1 atom stereocenters. The fourth-order valence-electron chi connectivity index (χ4n) is 2.32. The lowest BCUT2D eigenvalue weighted by Crippen LogP contribution is -2.27. The van der Waals surface area contributed by atoms with E-state index in [1.165, 1.54) is 6.07 Å². The summed E-state index contributed by atoms with van der Waals surface area (Å²) in [4.78, 5) is 14.3. The van der Waals surface area contributed by atoms with Crippen molar-refractivity contribution >= 4 is 19.5 Å². The molecule has 0 radical (unpaired) electrons. The van der Waals surface area contributed by atoms with Crippen molar-refractivity contribution in [2.24, 2.45) is 0 Å². The Labute approximate surface area is 127 Å². The van der Waals surface area contributed by atoms with E-state index in [1.807, 2.05) is 13.8 Å². The number of esters is 1. The number of hydrogen-bond acceptors (Lipinski definition) is 8. The van der Waals surface area contributed by atoms with Crippen LogP contribution in [0.25, 0.3) is 0 Å². The van der Waals surface area contributed by atoms with Crippen molar-refractivity contribution in [3.05, 3.63) is 11.6 Å². The van der Waals surface area contributed by atoms with Gasteiger partial charge in [0.2, 0.25) is 5.75 Å². The fourth-order valence-corrected chi connectivity index (χ4v) is 3.64. The molecule has 2 heterocycles. The van der Waals surface area contributed by atoms with E-state index in [2.05, 4.69) is 4.90 Å². The van der Waals surface area contributed by atoms with Crippen LogP contribution >= 0.6 is 7.82 Å². The molecule has 1 aromatic carbocycles. The Morgan fingerprint density at radius 2 is 1.95 bits per heavy atom. The normalized spacial score (nSPS) is 20.5. The van der Waals surface area contributed by atoms with Gasteiger partial charge in [0.05, 0.1) is 0 Å². The molecule has 0 fully saturated rings. The molecular weight excluding hydrogens is 311 g/mol. The number of anilines is 1. The lowest BCUT2D eigenvalue weighted by atomic mass is 10.1. The summed E-state index contributed by atoms with van der Waals surface area (Å²) in [7, 11) is -3.72. The Hall–Kier alpha value is -1.92. The summed E-state index contributed by atoms with van der Waals surface area (Å²) in [5.74, 6) is -0.369. The molecule has 120 valence electrons. The molecule has 0 aliphatic carbocycles. The number of nitrogen functional groups attached to an aromatic ring is 1. The smallest absolute Gasteiger partial charge is 0.461 e. The number of nitrogens with two attached hydrogens (primary N) is 1. The van der Waals surface area contributed by atoms with Crippen molar-refractivity contribution in [2.75, 3.05) is 32.0 Å². The van der Waals surface area contributed by atoms with Gasteiger partial charge < -0.3 is 28.9 Å². The largest absolute Gasteiger partial charge is 0.647 e. The monoisotopic (exact) mass is 328 g/mol. The van der Waals surface area contributed by atoms with Gasteiger partial charge in [0.25, 0.3) is 0 Å². The molecule has 3 bridgehead atoms. The van der Waals surface area contributed by atoms with E-state index in [-0.39, 0.29) is 35.1 Å². The molecule has 9 heteroatoms. The summed E-state index contributed by atoms with van der Waals surface area (Å²) in [6.45, 7) is 6.70. The molecule has 0 aromatic heterocycles. The van der Waals surface area contributed by atoms with Crippen LogP contribution < -0.4 is 19.3 Å². The number of likely N-dealkylation sites (N-methyl/N-ethyl adjacent to an activating group) is 1. The summed E-state index contributed by atoms with van der Waals surface area (Å²) >= 11 is 0. The molecule has 2 aliphatic heterocycles. The Balaban J connectivity index is 1.75. The third kappa shape index (κ3) is 2.38. The second-order valence-corrected chi connectivity index (χ2v) is 6.32. The second-order valence-electron chi connectivity index (χ2n) is 4.88. The number of phosphoric ester groups is 1. The Morgan fingerprint density at radius 3 is 2.64 bits per heavy atom. The van der Waals surface area contributed by atoms with Gasteiger partial charge in [-0.15, -0.1) is 0 Å². The molecular formula is C13H17N2O6P. The van der Waals surface area contributed by atoms with Crippen LogP contribution in [-0.4, -0.2) is 37.1 Å². The third-order valence-corrected chi connectivity index (χ3v) is 4.84. The van der Waals surface area contributed by atoms with Crippen molar-refractivity contribution in [3.8, 4) is 17.2 Å². The van der Waals surface area contributed by atoms with Crippen molar-refractivity contribution in [1.29, 1.82) is 0 Å². The van der Waals surface area contributed by atoms with Crippen LogP contribution in [0.15, 0.2) is 6.07 Å². The molecule has 2 aliphatic rings. The quantitative estimate of drug-likeness (QED) is 0.481. The molecule has 3 rings (SSSR count). The zero-order valence-electron chi connectivity index (χ0n) is 12.3. The number of fused-ring (bicyclic) bond motifs is 2. The van der Waals surface area contributed by atoms with Gasteiger partial charge in [0.1, 0.15) is 17.9 Å². The zero-order valence-corrected chi connectivity index (χ0v) is 13.2. The molecule has 0 amide bonds. The number of nitrogens with zero attached hydrogens (tertiary/aromatic N) is 1. The van der Waals surface area contributed by atoms with Crippen LogP contribution in [0.1, 0.15) is 24.2 Å². The van der Waals surface area contributed by atoms with Gasteiger partial charge in [-0.25, -0.2) is 4.79 Å².